The Balaban J connectivity index is 0.00000144. The van der Waals surface area contributed by atoms with Gasteiger partial charge < -0.3 is 6.92 Å². The summed E-state index contributed by atoms with van der Waals surface area (Å²) in [4.78, 5) is 0. The second kappa shape index (κ2) is 8.24. The van der Waals surface area contributed by atoms with E-state index in [-0.39, 0.29) is 32.7 Å². The molecular formula is C11H18BY-. The summed E-state index contributed by atoms with van der Waals surface area (Å²) in [6, 6.07) is 0. The van der Waals surface area contributed by atoms with Crippen molar-refractivity contribution in [2.24, 2.45) is 5.92 Å². The van der Waals surface area contributed by atoms with Crippen LogP contribution in [-0.4, -0.2) is 7.85 Å². The van der Waals surface area contributed by atoms with Gasteiger partial charge in [-0.1, -0.05) is 43.7 Å². The zero-order valence-electron chi connectivity index (χ0n) is 8.41. The largest absolute Gasteiger partial charge is 0.343 e. The van der Waals surface area contributed by atoms with Gasteiger partial charge in [0.2, 0.25) is 0 Å². The molecule has 1 fully saturated rings. The van der Waals surface area contributed by atoms with Crippen LogP contribution in [0, 0.1) is 12.8 Å². The van der Waals surface area contributed by atoms with Gasteiger partial charge in [-0.2, -0.15) is 6.42 Å². The number of rotatable bonds is 4. The summed E-state index contributed by atoms with van der Waals surface area (Å²) in [6.45, 7) is 3.79. The molecule has 1 aliphatic rings. The smallest absolute Gasteiger partial charge is 0.0703 e. The van der Waals surface area contributed by atoms with Gasteiger partial charge >= 0.3 is 0 Å². The first kappa shape index (κ1) is 13.9. The van der Waals surface area contributed by atoms with Crippen molar-refractivity contribution in [2.45, 2.75) is 44.3 Å². The summed E-state index contributed by atoms with van der Waals surface area (Å²) < 4.78 is 0. The van der Waals surface area contributed by atoms with E-state index in [1.54, 1.807) is 0 Å². The predicted molar refractivity (Wildman–Crippen MR) is 55.2 cm³/mol. The van der Waals surface area contributed by atoms with Crippen molar-refractivity contribution >= 4 is 7.85 Å². The number of hydrogen-bond acceptors (Lipinski definition) is 0. The van der Waals surface area contributed by atoms with Gasteiger partial charge in [0, 0.05) is 32.7 Å². The summed E-state index contributed by atoms with van der Waals surface area (Å²) in [5, 5.41) is 0. The molecular weight excluding hydrogens is 232 g/mol. The minimum Gasteiger partial charge on any atom is -0.343 e. The van der Waals surface area contributed by atoms with Gasteiger partial charge in [0.05, 0.1) is 7.85 Å². The van der Waals surface area contributed by atoms with Crippen LogP contribution in [0.25, 0.3) is 0 Å². The molecule has 1 aliphatic carbocycles. The molecule has 0 amide bonds. The fourth-order valence-corrected chi connectivity index (χ4v) is 1.86. The van der Waals surface area contributed by atoms with Crippen molar-refractivity contribution in [3.63, 3.8) is 0 Å². The van der Waals surface area contributed by atoms with E-state index in [4.69, 9.17) is 7.85 Å². The van der Waals surface area contributed by atoms with E-state index in [9.17, 15) is 0 Å². The minimum absolute atomic E-state index is 0. The van der Waals surface area contributed by atoms with Gasteiger partial charge in [0.1, 0.15) is 0 Å². The normalized spacial score (nSPS) is 27.8. The molecule has 0 aromatic heterocycles. The van der Waals surface area contributed by atoms with E-state index in [0.29, 0.717) is 5.82 Å². The molecule has 0 N–H and O–H groups in total. The average molecular weight is 250 g/mol. The van der Waals surface area contributed by atoms with Crippen molar-refractivity contribution in [2.75, 3.05) is 0 Å². The molecule has 0 aromatic carbocycles. The zero-order valence-corrected chi connectivity index (χ0v) is 11.3. The third-order valence-electron chi connectivity index (χ3n) is 2.69. The molecule has 2 heteroatoms. The molecule has 0 aromatic rings. The Kier molecular flexibility index (Phi) is 8.81. The first-order valence-electron chi connectivity index (χ1n) is 5.04. The average Bonchev–Trinajstić information content (AvgIpc) is 2.46. The Bertz CT molecular complexity index is 145. The van der Waals surface area contributed by atoms with Crippen LogP contribution in [-0.2, 0) is 32.7 Å². The molecule has 69 valence electrons. The Hall–Kier alpha value is 0.909. The quantitative estimate of drug-likeness (QED) is 0.408. The summed E-state index contributed by atoms with van der Waals surface area (Å²) >= 11 is 0. The molecule has 0 saturated heterocycles. The summed E-state index contributed by atoms with van der Waals surface area (Å²) in [7, 11) is 5.95. The molecule has 0 heterocycles. The van der Waals surface area contributed by atoms with Crippen LogP contribution < -0.4 is 0 Å². The van der Waals surface area contributed by atoms with Crippen LogP contribution in [0.15, 0.2) is 12.2 Å². The third-order valence-corrected chi connectivity index (χ3v) is 2.69. The fraction of sp³-hybridized carbons (Fsp3) is 0.727. The van der Waals surface area contributed by atoms with Gasteiger partial charge in [-0.3, -0.25) is 0 Å². The first-order valence-corrected chi connectivity index (χ1v) is 5.04. The minimum atomic E-state index is 0. The Morgan fingerprint density at radius 1 is 1.31 bits per heavy atom. The second-order valence-corrected chi connectivity index (χ2v) is 3.70. The first-order chi connectivity index (χ1) is 5.84. The molecule has 0 nitrogen and oxygen atoms in total. The van der Waals surface area contributed by atoms with E-state index in [1.807, 2.05) is 0 Å². The summed E-state index contributed by atoms with van der Waals surface area (Å²) in [5.41, 5.74) is 0. The standard InChI is InChI=1S/C11H18B.Y/c1-2-3-4-5-7-10-8-6-9-11(10)12;/h4-5,10-11H,1-3,6-9H2;/q-1;/b5-4-;. The Morgan fingerprint density at radius 2 is 2.08 bits per heavy atom. The van der Waals surface area contributed by atoms with Crippen molar-refractivity contribution in [1.82, 2.24) is 0 Å². The molecule has 0 bridgehead atoms. The maximum Gasteiger partial charge on any atom is 0.0703 e. The summed E-state index contributed by atoms with van der Waals surface area (Å²) in [6.07, 6.45) is 11.7. The van der Waals surface area contributed by atoms with Crippen molar-refractivity contribution in [1.29, 1.82) is 0 Å². The van der Waals surface area contributed by atoms with Crippen molar-refractivity contribution in [3.8, 4) is 0 Å². The van der Waals surface area contributed by atoms with Crippen LogP contribution in [0.5, 0.6) is 0 Å². The van der Waals surface area contributed by atoms with Crippen LogP contribution in [0.3, 0.4) is 0 Å². The molecule has 2 unspecified atom stereocenters. The Morgan fingerprint density at radius 3 is 2.62 bits per heavy atom. The van der Waals surface area contributed by atoms with Crippen LogP contribution in [0.1, 0.15) is 38.5 Å². The van der Waals surface area contributed by atoms with Gasteiger partial charge in [0.15, 0.2) is 0 Å². The molecule has 0 aliphatic heterocycles. The zero-order chi connectivity index (χ0) is 8.81. The molecule has 13 heavy (non-hydrogen) atoms. The van der Waals surface area contributed by atoms with Gasteiger partial charge in [0.25, 0.3) is 0 Å². The molecule has 1 saturated carbocycles. The van der Waals surface area contributed by atoms with Crippen LogP contribution in [0.2, 0.25) is 5.82 Å². The SMILES string of the molecule is [B]C1CCCC1C/C=C\CC[CH2-].[Y]. The van der Waals surface area contributed by atoms with Crippen molar-refractivity contribution < 1.29 is 32.7 Å². The third kappa shape index (κ3) is 5.37. The van der Waals surface area contributed by atoms with Gasteiger partial charge in [-0.25, -0.2) is 0 Å². The number of hydrogen-bond donors (Lipinski definition) is 0. The molecule has 1 rings (SSSR count). The van der Waals surface area contributed by atoms with Crippen LogP contribution >= 0.6 is 0 Å². The van der Waals surface area contributed by atoms with E-state index >= 15 is 0 Å². The van der Waals surface area contributed by atoms with E-state index in [1.165, 1.54) is 25.7 Å². The van der Waals surface area contributed by atoms with Gasteiger partial charge in [-0.15, -0.1) is 0 Å². The molecule has 2 atom stereocenters. The van der Waals surface area contributed by atoms with E-state index < -0.39 is 0 Å². The number of allylic oxidation sites excluding steroid dienone is 2. The maximum absolute atomic E-state index is 5.95. The van der Waals surface area contributed by atoms with Gasteiger partial charge in [-0.05, 0) is 12.3 Å². The predicted octanol–water partition coefficient (Wildman–Crippen LogP) is 3.30. The Labute approximate surface area is 109 Å². The molecule has 3 radical (unpaired) electrons. The second-order valence-electron chi connectivity index (χ2n) is 3.70. The van der Waals surface area contributed by atoms with Crippen molar-refractivity contribution in [3.05, 3.63) is 19.1 Å². The topological polar surface area (TPSA) is 0 Å². The van der Waals surface area contributed by atoms with Crippen LogP contribution in [0.4, 0.5) is 0 Å². The van der Waals surface area contributed by atoms with E-state index in [2.05, 4.69) is 19.1 Å². The van der Waals surface area contributed by atoms with E-state index in [0.717, 1.165) is 18.8 Å². The molecule has 0 spiro atoms. The monoisotopic (exact) mass is 250 g/mol. The maximum atomic E-state index is 5.95. The number of unbranched alkanes of at least 4 members (excludes halogenated alkanes) is 1. The summed E-state index contributed by atoms with van der Waals surface area (Å²) in [5.74, 6) is 1.22. The fourth-order valence-electron chi connectivity index (χ4n) is 1.86.